The van der Waals surface area contributed by atoms with Gasteiger partial charge < -0.3 is 10.2 Å². The van der Waals surface area contributed by atoms with E-state index < -0.39 is 0 Å². The molecule has 0 unspecified atom stereocenters. The Morgan fingerprint density at radius 2 is 2.06 bits per heavy atom. The van der Waals surface area contributed by atoms with Gasteiger partial charge in [-0.25, -0.2) is 0 Å². The Hall–Kier alpha value is -0.620. The number of halogens is 1. The van der Waals surface area contributed by atoms with Gasteiger partial charge >= 0.3 is 0 Å². The van der Waals surface area contributed by atoms with Crippen molar-refractivity contribution in [3.63, 3.8) is 0 Å². The Balaban J connectivity index is 2.17. The van der Waals surface area contributed by atoms with E-state index in [9.17, 15) is 4.79 Å². The number of amides is 1. The van der Waals surface area contributed by atoms with Crippen LogP contribution in [-0.4, -0.2) is 36.5 Å². The number of nitrogens with one attached hydrogen (secondary N) is 1. The second kappa shape index (κ2) is 6.52. The Morgan fingerprint density at radius 3 is 2.67 bits per heavy atom. The zero-order valence-corrected chi connectivity index (χ0v) is 12.8. The van der Waals surface area contributed by atoms with E-state index in [0.717, 1.165) is 41.6 Å². The molecule has 4 heteroatoms. The summed E-state index contributed by atoms with van der Waals surface area (Å²) in [5.41, 5.74) is 0.832. The highest BCUT2D eigenvalue weighted by Gasteiger charge is 2.25. The van der Waals surface area contributed by atoms with Gasteiger partial charge in [-0.05, 0) is 67.6 Å². The topological polar surface area (TPSA) is 32.3 Å². The van der Waals surface area contributed by atoms with E-state index in [4.69, 9.17) is 0 Å². The lowest BCUT2D eigenvalue weighted by molar-refractivity contribution is 0.0655. The minimum Gasteiger partial charge on any atom is -0.336 e. The molecule has 1 fully saturated rings. The monoisotopic (exact) mass is 358 g/mol. The lowest BCUT2D eigenvalue weighted by atomic mass is 10.0. The molecule has 0 aromatic heterocycles. The molecule has 98 valence electrons. The summed E-state index contributed by atoms with van der Waals surface area (Å²) in [6, 6.07) is 8.21. The normalized spacial score (nSPS) is 16.6. The first-order valence-electron chi connectivity index (χ1n) is 6.50. The molecule has 0 atom stereocenters. The summed E-state index contributed by atoms with van der Waals surface area (Å²) < 4.78 is 1.03. The number of piperidine rings is 1. The first kappa shape index (κ1) is 13.8. The third-order valence-electron chi connectivity index (χ3n) is 3.46. The van der Waals surface area contributed by atoms with Crippen molar-refractivity contribution in [3.8, 4) is 0 Å². The molecule has 1 aromatic carbocycles. The van der Waals surface area contributed by atoms with Gasteiger partial charge in [0.05, 0.1) is 5.56 Å². The Bertz CT molecular complexity index is 416. The molecule has 1 heterocycles. The van der Waals surface area contributed by atoms with Crippen molar-refractivity contribution in [2.45, 2.75) is 25.8 Å². The van der Waals surface area contributed by atoms with Crippen molar-refractivity contribution < 1.29 is 4.79 Å². The first-order chi connectivity index (χ1) is 8.74. The van der Waals surface area contributed by atoms with Crippen molar-refractivity contribution in [1.82, 2.24) is 10.2 Å². The fourth-order valence-electron chi connectivity index (χ4n) is 2.48. The molecule has 1 N–H and O–H groups in total. The smallest absolute Gasteiger partial charge is 0.255 e. The van der Waals surface area contributed by atoms with E-state index in [0.29, 0.717) is 6.04 Å². The molecule has 0 radical (unpaired) electrons. The van der Waals surface area contributed by atoms with Crippen LogP contribution in [0, 0.1) is 3.57 Å². The van der Waals surface area contributed by atoms with E-state index in [1.165, 1.54) is 0 Å². The predicted molar refractivity (Wildman–Crippen MR) is 81.8 cm³/mol. The predicted octanol–water partition coefficient (Wildman–Crippen LogP) is 2.51. The number of rotatable bonds is 3. The summed E-state index contributed by atoms with van der Waals surface area (Å²) in [5, 5.41) is 3.34. The van der Waals surface area contributed by atoms with E-state index >= 15 is 0 Å². The summed E-state index contributed by atoms with van der Waals surface area (Å²) in [5.74, 6) is 0.175. The van der Waals surface area contributed by atoms with Crippen LogP contribution in [0.25, 0.3) is 0 Å². The second-order valence-corrected chi connectivity index (χ2v) is 5.71. The average Bonchev–Trinajstić information content (AvgIpc) is 2.41. The van der Waals surface area contributed by atoms with Crippen molar-refractivity contribution in [2.24, 2.45) is 0 Å². The van der Waals surface area contributed by atoms with E-state index in [2.05, 4.69) is 34.8 Å². The molecule has 1 aliphatic heterocycles. The lowest BCUT2D eigenvalue weighted by Crippen LogP contribution is -2.46. The number of carbonyl (C=O) groups is 1. The summed E-state index contributed by atoms with van der Waals surface area (Å²) in [6.07, 6.45) is 2.12. The Labute approximate surface area is 122 Å². The van der Waals surface area contributed by atoms with Crippen molar-refractivity contribution in [2.75, 3.05) is 19.6 Å². The van der Waals surface area contributed by atoms with Crippen LogP contribution in [0.3, 0.4) is 0 Å². The minimum absolute atomic E-state index is 0.175. The molecule has 1 amide bonds. The highest BCUT2D eigenvalue weighted by Crippen LogP contribution is 2.18. The van der Waals surface area contributed by atoms with E-state index in [1.54, 1.807) is 0 Å². The van der Waals surface area contributed by atoms with Crippen molar-refractivity contribution in [1.29, 1.82) is 0 Å². The number of hydrogen-bond acceptors (Lipinski definition) is 2. The van der Waals surface area contributed by atoms with Gasteiger partial charge in [0, 0.05) is 16.2 Å². The van der Waals surface area contributed by atoms with Crippen LogP contribution in [0.1, 0.15) is 30.1 Å². The van der Waals surface area contributed by atoms with Gasteiger partial charge in [0.2, 0.25) is 0 Å². The van der Waals surface area contributed by atoms with Gasteiger partial charge in [-0.2, -0.15) is 0 Å². The molecule has 2 rings (SSSR count). The number of hydrogen-bond donors (Lipinski definition) is 1. The highest BCUT2D eigenvalue weighted by atomic mass is 127. The SMILES string of the molecule is CCN(C(=O)c1ccccc1I)C1CCNCC1. The Kier molecular flexibility index (Phi) is 5.00. The van der Waals surface area contributed by atoms with Crippen LogP contribution in [-0.2, 0) is 0 Å². The van der Waals surface area contributed by atoms with Crippen LogP contribution < -0.4 is 5.32 Å². The largest absolute Gasteiger partial charge is 0.336 e. The highest BCUT2D eigenvalue weighted by molar-refractivity contribution is 14.1. The quantitative estimate of drug-likeness (QED) is 0.843. The maximum absolute atomic E-state index is 12.6. The molecule has 1 saturated heterocycles. The van der Waals surface area contributed by atoms with E-state index in [1.807, 2.05) is 29.2 Å². The van der Waals surface area contributed by atoms with Crippen LogP contribution >= 0.6 is 22.6 Å². The molecule has 0 aliphatic carbocycles. The molecule has 3 nitrogen and oxygen atoms in total. The Morgan fingerprint density at radius 1 is 1.39 bits per heavy atom. The number of carbonyl (C=O) groups excluding carboxylic acids is 1. The zero-order chi connectivity index (χ0) is 13.0. The molecule has 0 spiro atoms. The van der Waals surface area contributed by atoms with Gasteiger partial charge in [-0.1, -0.05) is 12.1 Å². The van der Waals surface area contributed by atoms with Crippen molar-refractivity contribution >= 4 is 28.5 Å². The molecule has 1 aromatic rings. The van der Waals surface area contributed by atoms with Gasteiger partial charge in [0.15, 0.2) is 0 Å². The van der Waals surface area contributed by atoms with Crippen LogP contribution in [0.15, 0.2) is 24.3 Å². The second-order valence-electron chi connectivity index (χ2n) is 4.55. The average molecular weight is 358 g/mol. The zero-order valence-electron chi connectivity index (χ0n) is 10.7. The molecular formula is C14H19IN2O. The van der Waals surface area contributed by atoms with Crippen molar-refractivity contribution in [3.05, 3.63) is 33.4 Å². The lowest BCUT2D eigenvalue weighted by Gasteiger charge is -2.34. The maximum atomic E-state index is 12.6. The summed E-state index contributed by atoms with van der Waals surface area (Å²) >= 11 is 2.24. The molecule has 18 heavy (non-hydrogen) atoms. The molecular weight excluding hydrogens is 339 g/mol. The van der Waals surface area contributed by atoms with E-state index in [-0.39, 0.29) is 5.91 Å². The fraction of sp³-hybridized carbons (Fsp3) is 0.500. The number of nitrogens with zero attached hydrogens (tertiary/aromatic N) is 1. The summed E-state index contributed by atoms with van der Waals surface area (Å²) in [4.78, 5) is 14.6. The molecule has 0 saturated carbocycles. The van der Waals surface area contributed by atoms with Crippen LogP contribution in [0.2, 0.25) is 0 Å². The fourth-order valence-corrected chi connectivity index (χ4v) is 3.09. The minimum atomic E-state index is 0.175. The molecule has 0 bridgehead atoms. The maximum Gasteiger partial charge on any atom is 0.255 e. The third-order valence-corrected chi connectivity index (χ3v) is 4.40. The van der Waals surface area contributed by atoms with Gasteiger partial charge in [-0.15, -0.1) is 0 Å². The van der Waals surface area contributed by atoms with Gasteiger partial charge in [-0.3, -0.25) is 4.79 Å². The number of benzene rings is 1. The molecule has 1 aliphatic rings. The first-order valence-corrected chi connectivity index (χ1v) is 7.58. The summed E-state index contributed by atoms with van der Waals surface area (Å²) in [7, 11) is 0. The van der Waals surface area contributed by atoms with Crippen LogP contribution in [0.5, 0.6) is 0 Å². The summed E-state index contributed by atoms with van der Waals surface area (Å²) in [6.45, 7) is 4.88. The van der Waals surface area contributed by atoms with Gasteiger partial charge in [0.1, 0.15) is 0 Å². The van der Waals surface area contributed by atoms with Crippen LogP contribution in [0.4, 0.5) is 0 Å². The standard InChI is InChI=1S/C14H19IN2O/c1-2-17(11-7-9-16-10-8-11)14(18)12-5-3-4-6-13(12)15/h3-6,11,16H,2,7-10H2,1H3. The van der Waals surface area contributed by atoms with Gasteiger partial charge in [0.25, 0.3) is 5.91 Å². The third kappa shape index (κ3) is 3.03.